The maximum Gasteiger partial charge on any atom is 0.255 e. The fourth-order valence-electron chi connectivity index (χ4n) is 4.05. The Hall–Kier alpha value is -1.65. The molecule has 22 heavy (non-hydrogen) atoms. The third kappa shape index (κ3) is 2.18. The molecule has 1 aromatic carbocycles. The van der Waals surface area contributed by atoms with Gasteiger partial charge in [0.1, 0.15) is 0 Å². The summed E-state index contributed by atoms with van der Waals surface area (Å²) in [4.78, 5) is 17.4. The fraction of sp³-hybridized carbons (Fsp3) is 0.500. The number of pyridine rings is 1. The number of aryl methyl sites for hydroxylation is 1. The van der Waals surface area contributed by atoms with Crippen molar-refractivity contribution in [3.63, 3.8) is 0 Å². The molecule has 0 bridgehead atoms. The SMILES string of the molecule is CCCN1CCO[C@@H]2c3cc4c(=O)[nH]ccc4cc3CC[C@H]21. The monoisotopic (exact) mass is 298 g/mol. The number of H-pyrrole nitrogens is 1. The lowest BCUT2D eigenvalue weighted by atomic mass is 9.83. The third-order valence-corrected chi connectivity index (χ3v) is 5.05. The standard InChI is InChI=1S/C18H22N2O2/c1-2-7-20-8-9-22-17-14-11-15-13(5-6-19-18(15)21)10-12(14)3-4-16(17)20/h5-6,10-11,16-17H,2-4,7-9H2,1H3,(H,19,21)/t16-,17-/m1/s1. The predicted octanol–water partition coefficient (Wildman–Crippen LogP) is 2.63. The van der Waals surface area contributed by atoms with Crippen molar-refractivity contribution >= 4 is 10.8 Å². The Kier molecular flexibility index (Phi) is 3.51. The average molecular weight is 298 g/mol. The van der Waals surface area contributed by atoms with Crippen LogP contribution < -0.4 is 5.56 Å². The molecule has 4 rings (SSSR count). The number of aromatic nitrogens is 1. The zero-order valence-corrected chi connectivity index (χ0v) is 13.0. The molecule has 2 aromatic rings. The molecule has 1 aliphatic heterocycles. The molecule has 4 nitrogen and oxygen atoms in total. The van der Waals surface area contributed by atoms with E-state index in [1.165, 1.54) is 17.5 Å². The molecule has 0 unspecified atom stereocenters. The first-order valence-corrected chi connectivity index (χ1v) is 8.28. The van der Waals surface area contributed by atoms with E-state index in [2.05, 4.69) is 28.9 Å². The molecule has 1 aromatic heterocycles. The molecule has 2 aliphatic rings. The van der Waals surface area contributed by atoms with Crippen LogP contribution in [0.15, 0.2) is 29.2 Å². The van der Waals surface area contributed by atoms with Gasteiger partial charge in [0.25, 0.3) is 5.56 Å². The Bertz CT molecular complexity index is 750. The van der Waals surface area contributed by atoms with Crippen LogP contribution in [0.3, 0.4) is 0 Å². The van der Waals surface area contributed by atoms with Gasteiger partial charge in [0, 0.05) is 24.2 Å². The van der Waals surface area contributed by atoms with Crippen LogP contribution in [0.25, 0.3) is 10.8 Å². The molecule has 0 amide bonds. The van der Waals surface area contributed by atoms with Gasteiger partial charge in [-0.1, -0.05) is 13.0 Å². The van der Waals surface area contributed by atoms with Gasteiger partial charge in [-0.05, 0) is 54.5 Å². The molecule has 0 spiro atoms. The first-order chi connectivity index (χ1) is 10.8. The minimum absolute atomic E-state index is 0.0105. The first kappa shape index (κ1) is 14.0. The van der Waals surface area contributed by atoms with E-state index in [0.29, 0.717) is 6.04 Å². The zero-order valence-electron chi connectivity index (χ0n) is 13.0. The van der Waals surface area contributed by atoms with E-state index in [4.69, 9.17) is 4.74 Å². The van der Waals surface area contributed by atoms with Crippen molar-refractivity contribution in [1.82, 2.24) is 9.88 Å². The van der Waals surface area contributed by atoms with Gasteiger partial charge in [0.05, 0.1) is 12.7 Å². The maximum atomic E-state index is 12.1. The van der Waals surface area contributed by atoms with Crippen LogP contribution in [-0.2, 0) is 11.2 Å². The molecule has 1 fully saturated rings. The van der Waals surface area contributed by atoms with Gasteiger partial charge in [-0.2, -0.15) is 0 Å². The van der Waals surface area contributed by atoms with E-state index < -0.39 is 0 Å². The Balaban J connectivity index is 1.80. The summed E-state index contributed by atoms with van der Waals surface area (Å²) in [7, 11) is 0. The second-order valence-corrected chi connectivity index (χ2v) is 6.38. The lowest BCUT2D eigenvalue weighted by molar-refractivity contribution is -0.0800. The summed E-state index contributed by atoms with van der Waals surface area (Å²) < 4.78 is 6.12. The molecular formula is C18H22N2O2. The van der Waals surface area contributed by atoms with Crippen LogP contribution in [-0.4, -0.2) is 35.6 Å². The summed E-state index contributed by atoms with van der Waals surface area (Å²) in [5.74, 6) is 0. The number of nitrogens with one attached hydrogen (secondary N) is 1. The van der Waals surface area contributed by atoms with Gasteiger partial charge in [0.2, 0.25) is 0 Å². The summed E-state index contributed by atoms with van der Waals surface area (Å²) in [6.45, 7) is 5.17. The maximum absolute atomic E-state index is 12.1. The normalized spacial score (nSPS) is 25.0. The molecule has 1 aliphatic carbocycles. The molecule has 0 radical (unpaired) electrons. The summed E-state index contributed by atoms with van der Waals surface area (Å²) in [6, 6.07) is 6.68. The highest BCUT2D eigenvalue weighted by molar-refractivity contribution is 5.83. The minimum atomic E-state index is -0.0105. The van der Waals surface area contributed by atoms with E-state index in [1.807, 2.05) is 6.07 Å². The van der Waals surface area contributed by atoms with Gasteiger partial charge in [0.15, 0.2) is 0 Å². The van der Waals surface area contributed by atoms with Crippen LogP contribution >= 0.6 is 0 Å². The highest BCUT2D eigenvalue weighted by Crippen LogP contribution is 2.39. The number of aromatic amines is 1. The van der Waals surface area contributed by atoms with Crippen molar-refractivity contribution in [3.8, 4) is 0 Å². The Morgan fingerprint density at radius 1 is 1.41 bits per heavy atom. The minimum Gasteiger partial charge on any atom is -0.371 e. The highest BCUT2D eigenvalue weighted by atomic mass is 16.5. The number of nitrogens with zero attached hydrogens (tertiary/aromatic N) is 1. The Labute approximate surface area is 130 Å². The molecule has 4 heteroatoms. The summed E-state index contributed by atoms with van der Waals surface area (Å²) in [5, 5.41) is 1.81. The second kappa shape index (κ2) is 5.52. The number of ether oxygens (including phenoxy) is 1. The first-order valence-electron chi connectivity index (χ1n) is 8.28. The largest absolute Gasteiger partial charge is 0.371 e. The van der Waals surface area contributed by atoms with E-state index in [1.54, 1.807) is 6.20 Å². The predicted molar refractivity (Wildman–Crippen MR) is 87.2 cm³/mol. The smallest absolute Gasteiger partial charge is 0.255 e. The lowest BCUT2D eigenvalue weighted by Gasteiger charge is -2.44. The summed E-state index contributed by atoms with van der Waals surface area (Å²) in [6.07, 6.45) is 5.24. The van der Waals surface area contributed by atoms with Crippen LogP contribution in [0.2, 0.25) is 0 Å². The zero-order chi connectivity index (χ0) is 15.1. The Morgan fingerprint density at radius 2 is 2.32 bits per heavy atom. The quantitative estimate of drug-likeness (QED) is 0.927. The highest BCUT2D eigenvalue weighted by Gasteiger charge is 2.37. The van der Waals surface area contributed by atoms with Crippen molar-refractivity contribution in [1.29, 1.82) is 0 Å². The second-order valence-electron chi connectivity index (χ2n) is 6.38. The van der Waals surface area contributed by atoms with Crippen molar-refractivity contribution in [3.05, 3.63) is 45.9 Å². The van der Waals surface area contributed by atoms with Crippen molar-refractivity contribution in [2.75, 3.05) is 19.7 Å². The number of benzene rings is 1. The number of fused-ring (bicyclic) bond motifs is 4. The van der Waals surface area contributed by atoms with Crippen LogP contribution in [0.5, 0.6) is 0 Å². The van der Waals surface area contributed by atoms with E-state index in [9.17, 15) is 4.79 Å². The van der Waals surface area contributed by atoms with Gasteiger partial charge in [-0.3, -0.25) is 9.69 Å². The van der Waals surface area contributed by atoms with Crippen molar-refractivity contribution in [2.45, 2.75) is 38.3 Å². The molecular weight excluding hydrogens is 276 g/mol. The van der Waals surface area contributed by atoms with Crippen LogP contribution in [0.1, 0.15) is 37.0 Å². The van der Waals surface area contributed by atoms with E-state index in [0.717, 1.165) is 43.3 Å². The summed E-state index contributed by atoms with van der Waals surface area (Å²) in [5.41, 5.74) is 2.56. The molecule has 2 atom stereocenters. The van der Waals surface area contributed by atoms with Gasteiger partial charge in [-0.15, -0.1) is 0 Å². The van der Waals surface area contributed by atoms with Crippen LogP contribution in [0, 0.1) is 0 Å². The fourth-order valence-corrected chi connectivity index (χ4v) is 4.05. The molecule has 116 valence electrons. The number of hydrogen-bond donors (Lipinski definition) is 1. The van der Waals surface area contributed by atoms with Crippen LogP contribution in [0.4, 0.5) is 0 Å². The molecule has 0 saturated carbocycles. The molecule has 2 heterocycles. The van der Waals surface area contributed by atoms with Gasteiger partial charge in [-0.25, -0.2) is 0 Å². The number of rotatable bonds is 2. The van der Waals surface area contributed by atoms with E-state index in [-0.39, 0.29) is 11.7 Å². The average Bonchev–Trinajstić information content (AvgIpc) is 2.54. The van der Waals surface area contributed by atoms with Crippen molar-refractivity contribution < 1.29 is 4.74 Å². The third-order valence-electron chi connectivity index (χ3n) is 5.05. The van der Waals surface area contributed by atoms with Gasteiger partial charge >= 0.3 is 0 Å². The topological polar surface area (TPSA) is 45.3 Å². The van der Waals surface area contributed by atoms with Gasteiger partial charge < -0.3 is 9.72 Å². The van der Waals surface area contributed by atoms with E-state index >= 15 is 0 Å². The molecule has 1 saturated heterocycles. The number of hydrogen-bond acceptors (Lipinski definition) is 3. The van der Waals surface area contributed by atoms with Crippen molar-refractivity contribution in [2.24, 2.45) is 0 Å². The number of morpholine rings is 1. The molecule has 1 N–H and O–H groups in total. The lowest BCUT2D eigenvalue weighted by Crippen LogP contribution is -2.49. The Morgan fingerprint density at radius 3 is 3.18 bits per heavy atom. The summed E-state index contributed by atoms with van der Waals surface area (Å²) >= 11 is 0.